The van der Waals surface area contributed by atoms with Crippen LogP contribution in [0.15, 0.2) is 65.9 Å². The molecule has 1 aliphatic heterocycles. The van der Waals surface area contributed by atoms with Gasteiger partial charge in [-0.25, -0.2) is 8.42 Å². The van der Waals surface area contributed by atoms with Crippen molar-refractivity contribution in [2.45, 2.75) is 25.9 Å². The monoisotopic (exact) mass is 448 g/mol. The summed E-state index contributed by atoms with van der Waals surface area (Å²) in [6.45, 7) is 2.47. The Morgan fingerprint density at radius 2 is 1.91 bits per heavy atom. The number of benzene rings is 1. The minimum Gasteiger partial charge on any atom is -0.348 e. The zero-order valence-corrected chi connectivity index (χ0v) is 18.8. The third-order valence-corrected chi connectivity index (χ3v) is 6.17. The van der Waals surface area contributed by atoms with Gasteiger partial charge in [0.25, 0.3) is 0 Å². The van der Waals surface area contributed by atoms with E-state index in [1.54, 1.807) is 12.4 Å². The number of rotatable bonds is 7. The van der Waals surface area contributed by atoms with Crippen molar-refractivity contribution in [1.29, 1.82) is 0 Å². The van der Waals surface area contributed by atoms with E-state index in [9.17, 15) is 13.2 Å². The lowest BCUT2D eigenvalue weighted by molar-refractivity contribution is -0.121. The second kappa shape index (κ2) is 9.00. The molecule has 8 heteroatoms. The van der Waals surface area contributed by atoms with E-state index in [0.29, 0.717) is 12.2 Å². The van der Waals surface area contributed by atoms with Crippen LogP contribution < -0.4 is 5.32 Å². The lowest BCUT2D eigenvalue weighted by atomic mass is 10.0. The highest BCUT2D eigenvalue weighted by molar-refractivity contribution is 7.90. The van der Waals surface area contributed by atoms with Crippen molar-refractivity contribution in [1.82, 2.24) is 15.3 Å². The second-order valence-electron chi connectivity index (χ2n) is 7.98. The summed E-state index contributed by atoms with van der Waals surface area (Å²) < 4.78 is 23.7. The Hall–Kier alpha value is -3.39. The number of aliphatic imine (C=N–C) groups is 1. The highest BCUT2D eigenvalue weighted by Gasteiger charge is 2.22. The van der Waals surface area contributed by atoms with Crippen molar-refractivity contribution >= 4 is 21.5 Å². The minimum absolute atomic E-state index is 0.0596. The van der Waals surface area contributed by atoms with Crippen LogP contribution in [-0.4, -0.2) is 42.0 Å². The van der Waals surface area contributed by atoms with E-state index >= 15 is 0 Å². The molecule has 1 N–H and O–H groups in total. The number of sulfone groups is 1. The average molecular weight is 449 g/mol. The Balaban J connectivity index is 1.48. The molecule has 7 nitrogen and oxygen atoms in total. The van der Waals surface area contributed by atoms with Gasteiger partial charge in [-0.2, -0.15) is 0 Å². The standard InChI is InChI=1S/C24H24N4O3S/c1-16-10-18(8-9-25-16)24-21-14-26-20(11-19(21)13-27-24)12-23(29)28-22(15-32(2,30)31)17-6-4-3-5-7-17/h3-11,14,22H,12-13,15H2,1-2H3,(H,28,29). The summed E-state index contributed by atoms with van der Waals surface area (Å²) >= 11 is 0. The molecular formula is C24H24N4O3S. The van der Waals surface area contributed by atoms with Crippen molar-refractivity contribution < 1.29 is 13.2 Å². The van der Waals surface area contributed by atoms with Crippen molar-refractivity contribution in [2.75, 3.05) is 12.0 Å². The fourth-order valence-electron chi connectivity index (χ4n) is 3.80. The van der Waals surface area contributed by atoms with Crippen molar-refractivity contribution in [3.8, 4) is 0 Å². The number of fused-ring (bicyclic) bond motifs is 1. The van der Waals surface area contributed by atoms with Crippen LogP contribution in [0.3, 0.4) is 0 Å². The Labute approximate surface area is 187 Å². The maximum Gasteiger partial charge on any atom is 0.226 e. The Morgan fingerprint density at radius 3 is 2.62 bits per heavy atom. The number of nitrogens with zero attached hydrogens (tertiary/aromatic N) is 3. The van der Waals surface area contributed by atoms with Crippen molar-refractivity contribution in [2.24, 2.45) is 4.99 Å². The van der Waals surface area contributed by atoms with Crippen LogP contribution in [0.25, 0.3) is 0 Å². The average Bonchev–Trinajstić information content (AvgIpc) is 3.16. The second-order valence-corrected chi connectivity index (χ2v) is 10.2. The summed E-state index contributed by atoms with van der Waals surface area (Å²) in [5.41, 5.74) is 6.14. The molecule has 1 unspecified atom stereocenters. The Bertz CT molecular complexity index is 1290. The molecule has 32 heavy (non-hydrogen) atoms. The van der Waals surface area contributed by atoms with Crippen LogP contribution in [0.5, 0.6) is 0 Å². The van der Waals surface area contributed by atoms with Gasteiger partial charge in [0.15, 0.2) is 0 Å². The first-order valence-corrected chi connectivity index (χ1v) is 12.3. The number of nitrogens with one attached hydrogen (secondary N) is 1. The quantitative estimate of drug-likeness (QED) is 0.599. The predicted octanol–water partition coefficient (Wildman–Crippen LogP) is 2.58. The maximum absolute atomic E-state index is 12.7. The molecule has 1 aromatic carbocycles. The largest absolute Gasteiger partial charge is 0.348 e. The SMILES string of the molecule is Cc1cc(C2=NCc3cc(CC(=O)NC(CS(C)(=O)=O)c4ccccc4)ncc32)ccn1. The van der Waals surface area contributed by atoms with E-state index in [0.717, 1.165) is 33.7 Å². The molecule has 3 aromatic rings. The third-order valence-electron chi connectivity index (χ3n) is 5.23. The zero-order valence-electron chi connectivity index (χ0n) is 17.9. The van der Waals surface area contributed by atoms with Crippen molar-refractivity contribution in [3.63, 3.8) is 0 Å². The lowest BCUT2D eigenvalue weighted by Gasteiger charge is -2.18. The van der Waals surface area contributed by atoms with E-state index in [1.165, 1.54) is 6.26 Å². The molecule has 1 atom stereocenters. The van der Waals surface area contributed by atoms with E-state index < -0.39 is 15.9 Å². The number of carbonyl (C=O) groups excluding carboxylic acids is 1. The number of aromatic nitrogens is 2. The van der Waals surface area contributed by atoms with Gasteiger partial charge in [0, 0.05) is 35.5 Å². The third kappa shape index (κ3) is 5.26. The van der Waals surface area contributed by atoms with Crippen LogP contribution in [-0.2, 0) is 27.6 Å². The molecule has 3 heterocycles. The van der Waals surface area contributed by atoms with Gasteiger partial charge in [0.1, 0.15) is 9.84 Å². The van der Waals surface area contributed by atoms with Crippen LogP contribution in [0.2, 0.25) is 0 Å². The first kappa shape index (κ1) is 21.8. The van der Waals surface area contributed by atoms with Crippen LogP contribution in [0, 0.1) is 6.92 Å². The molecule has 0 radical (unpaired) electrons. The van der Waals surface area contributed by atoms with Gasteiger partial charge in [0.2, 0.25) is 5.91 Å². The molecule has 164 valence electrons. The Morgan fingerprint density at radius 1 is 1.12 bits per heavy atom. The summed E-state index contributed by atoms with van der Waals surface area (Å²) in [4.78, 5) is 26.1. The fourth-order valence-corrected chi connectivity index (χ4v) is 4.68. The summed E-state index contributed by atoms with van der Waals surface area (Å²) in [6.07, 6.45) is 4.74. The predicted molar refractivity (Wildman–Crippen MR) is 123 cm³/mol. The topological polar surface area (TPSA) is 101 Å². The lowest BCUT2D eigenvalue weighted by Crippen LogP contribution is -2.34. The van der Waals surface area contributed by atoms with Gasteiger partial charge in [0.05, 0.1) is 36.2 Å². The normalized spacial score (nSPS) is 13.9. The van der Waals surface area contributed by atoms with Crippen LogP contribution >= 0.6 is 0 Å². The molecular weight excluding hydrogens is 424 g/mol. The fraction of sp³-hybridized carbons (Fsp3) is 0.250. The van der Waals surface area contributed by atoms with Crippen LogP contribution in [0.4, 0.5) is 0 Å². The molecule has 1 aliphatic rings. The molecule has 0 fully saturated rings. The number of aryl methyl sites for hydroxylation is 1. The van der Waals surface area contributed by atoms with Gasteiger partial charge < -0.3 is 5.32 Å². The van der Waals surface area contributed by atoms with Gasteiger partial charge in [-0.05, 0) is 36.2 Å². The number of hydrogen-bond acceptors (Lipinski definition) is 6. The summed E-state index contributed by atoms with van der Waals surface area (Å²) in [6, 6.07) is 14.3. The maximum atomic E-state index is 12.7. The molecule has 0 bridgehead atoms. The van der Waals surface area contributed by atoms with E-state index in [2.05, 4.69) is 20.3 Å². The summed E-state index contributed by atoms with van der Waals surface area (Å²) in [7, 11) is -3.28. The molecule has 2 aromatic heterocycles. The number of carbonyl (C=O) groups is 1. The first-order chi connectivity index (χ1) is 15.3. The van der Waals surface area contributed by atoms with E-state index in [1.807, 2.05) is 55.5 Å². The highest BCUT2D eigenvalue weighted by Crippen LogP contribution is 2.23. The highest BCUT2D eigenvalue weighted by atomic mass is 32.2. The first-order valence-electron chi connectivity index (χ1n) is 10.3. The molecule has 4 rings (SSSR count). The molecule has 0 aliphatic carbocycles. The van der Waals surface area contributed by atoms with E-state index in [-0.39, 0.29) is 18.1 Å². The number of hydrogen-bond donors (Lipinski definition) is 1. The van der Waals surface area contributed by atoms with Gasteiger partial charge in [-0.3, -0.25) is 19.8 Å². The van der Waals surface area contributed by atoms with Gasteiger partial charge >= 0.3 is 0 Å². The van der Waals surface area contributed by atoms with Crippen LogP contribution in [0.1, 0.15) is 39.7 Å². The van der Waals surface area contributed by atoms with Crippen molar-refractivity contribution in [3.05, 3.63) is 94.6 Å². The zero-order chi connectivity index (χ0) is 22.7. The van der Waals surface area contributed by atoms with E-state index in [4.69, 9.17) is 0 Å². The minimum atomic E-state index is -3.28. The number of pyridine rings is 2. The van der Waals surface area contributed by atoms with Gasteiger partial charge in [-0.15, -0.1) is 0 Å². The number of amides is 1. The molecule has 0 saturated heterocycles. The Kier molecular flexibility index (Phi) is 6.14. The smallest absolute Gasteiger partial charge is 0.226 e. The summed E-state index contributed by atoms with van der Waals surface area (Å²) in [5.74, 6) is -0.443. The molecule has 0 saturated carbocycles. The summed E-state index contributed by atoms with van der Waals surface area (Å²) in [5, 5.41) is 2.85. The molecule has 1 amide bonds. The van der Waals surface area contributed by atoms with Gasteiger partial charge in [-0.1, -0.05) is 30.3 Å². The molecule has 0 spiro atoms.